The molecule has 138 valence electrons. The molecule has 0 unspecified atom stereocenters. The van der Waals surface area contributed by atoms with Crippen molar-refractivity contribution in [3.8, 4) is 0 Å². The van der Waals surface area contributed by atoms with Crippen molar-refractivity contribution in [2.24, 2.45) is 5.92 Å². The minimum absolute atomic E-state index is 0.109. The molecule has 0 heterocycles. The Kier molecular flexibility index (Phi) is 8.04. The van der Waals surface area contributed by atoms with Crippen molar-refractivity contribution in [2.75, 3.05) is 7.11 Å². The van der Waals surface area contributed by atoms with E-state index in [2.05, 4.69) is 10.6 Å². The molecule has 6 nitrogen and oxygen atoms in total. The van der Waals surface area contributed by atoms with E-state index >= 15 is 0 Å². The van der Waals surface area contributed by atoms with Crippen molar-refractivity contribution >= 4 is 17.8 Å². The molecule has 1 aromatic carbocycles. The third kappa shape index (κ3) is 6.52. The van der Waals surface area contributed by atoms with Gasteiger partial charge in [0.1, 0.15) is 17.9 Å². The summed E-state index contributed by atoms with van der Waals surface area (Å²) in [5.41, 5.74) is 0.562. The molecule has 2 amide bonds. The molecule has 0 bridgehead atoms. The maximum Gasteiger partial charge on any atom is 0.328 e. The van der Waals surface area contributed by atoms with E-state index in [-0.39, 0.29) is 12.3 Å². The quantitative estimate of drug-likeness (QED) is 0.696. The van der Waals surface area contributed by atoms with Crippen LogP contribution in [0.5, 0.6) is 0 Å². The maximum absolute atomic E-state index is 13.3. The SMILES string of the molecule is CC[C@H](C)[C@@H](NC(=O)[C@@H](Cc1cccc(F)c1)NC(C)=O)C(=O)OC. The molecule has 0 aliphatic carbocycles. The second-order valence-electron chi connectivity index (χ2n) is 5.98. The van der Waals surface area contributed by atoms with Crippen LogP contribution in [0.1, 0.15) is 32.8 Å². The highest BCUT2D eigenvalue weighted by Gasteiger charge is 2.30. The second kappa shape index (κ2) is 9.76. The Morgan fingerprint density at radius 2 is 1.92 bits per heavy atom. The first-order chi connectivity index (χ1) is 11.8. The molecular formula is C18H25FN2O4. The Hall–Kier alpha value is -2.44. The van der Waals surface area contributed by atoms with Gasteiger partial charge in [0.15, 0.2) is 0 Å². The minimum atomic E-state index is -0.921. The number of rotatable bonds is 8. The summed E-state index contributed by atoms with van der Waals surface area (Å²) in [6, 6.07) is 4.06. The monoisotopic (exact) mass is 352 g/mol. The number of hydrogen-bond acceptors (Lipinski definition) is 4. The van der Waals surface area contributed by atoms with E-state index < -0.39 is 35.7 Å². The minimum Gasteiger partial charge on any atom is -0.467 e. The number of nitrogens with one attached hydrogen (secondary N) is 2. The van der Waals surface area contributed by atoms with Gasteiger partial charge in [-0.1, -0.05) is 32.4 Å². The summed E-state index contributed by atoms with van der Waals surface area (Å²) in [4.78, 5) is 35.9. The van der Waals surface area contributed by atoms with Crippen LogP contribution in [0.4, 0.5) is 4.39 Å². The molecule has 25 heavy (non-hydrogen) atoms. The van der Waals surface area contributed by atoms with Gasteiger partial charge in [0.2, 0.25) is 11.8 Å². The van der Waals surface area contributed by atoms with Crippen molar-refractivity contribution < 1.29 is 23.5 Å². The van der Waals surface area contributed by atoms with Crippen LogP contribution in [0.3, 0.4) is 0 Å². The highest BCUT2D eigenvalue weighted by Crippen LogP contribution is 2.11. The zero-order valence-electron chi connectivity index (χ0n) is 15.0. The van der Waals surface area contributed by atoms with Gasteiger partial charge in [-0.25, -0.2) is 9.18 Å². The third-order valence-corrected chi connectivity index (χ3v) is 3.99. The number of benzene rings is 1. The van der Waals surface area contributed by atoms with E-state index in [4.69, 9.17) is 4.74 Å². The maximum atomic E-state index is 13.3. The Morgan fingerprint density at radius 3 is 2.44 bits per heavy atom. The molecule has 0 saturated heterocycles. The fourth-order valence-electron chi connectivity index (χ4n) is 2.40. The number of ether oxygens (including phenoxy) is 1. The molecule has 1 rings (SSSR count). The van der Waals surface area contributed by atoms with Gasteiger partial charge in [-0.3, -0.25) is 9.59 Å². The molecule has 7 heteroatoms. The largest absolute Gasteiger partial charge is 0.467 e. The van der Waals surface area contributed by atoms with Gasteiger partial charge in [-0.05, 0) is 23.6 Å². The van der Waals surface area contributed by atoms with Crippen molar-refractivity contribution in [1.29, 1.82) is 0 Å². The van der Waals surface area contributed by atoms with Crippen molar-refractivity contribution in [3.05, 3.63) is 35.6 Å². The highest BCUT2D eigenvalue weighted by molar-refractivity contribution is 5.90. The predicted octanol–water partition coefficient (Wildman–Crippen LogP) is 1.58. The zero-order chi connectivity index (χ0) is 19.0. The van der Waals surface area contributed by atoms with E-state index in [0.29, 0.717) is 12.0 Å². The molecule has 0 aliphatic heterocycles. The van der Waals surface area contributed by atoms with Crippen LogP contribution in [0.25, 0.3) is 0 Å². The first-order valence-corrected chi connectivity index (χ1v) is 8.18. The summed E-state index contributed by atoms with van der Waals surface area (Å²) >= 11 is 0. The molecule has 0 aromatic heterocycles. The standard InChI is InChI=1S/C18H25FN2O4/c1-5-11(2)16(18(24)25-4)21-17(23)15(20-12(3)22)10-13-7-6-8-14(19)9-13/h6-9,11,15-16H,5,10H2,1-4H3,(H,20,22)(H,21,23)/t11-,15+,16+/m0/s1. The molecule has 0 saturated carbocycles. The van der Waals surface area contributed by atoms with E-state index in [9.17, 15) is 18.8 Å². The molecule has 3 atom stereocenters. The smallest absolute Gasteiger partial charge is 0.328 e. The number of esters is 1. The molecule has 0 radical (unpaired) electrons. The Bertz CT molecular complexity index is 621. The van der Waals surface area contributed by atoms with Crippen LogP contribution in [-0.4, -0.2) is 37.0 Å². The zero-order valence-corrected chi connectivity index (χ0v) is 15.0. The summed E-state index contributed by atoms with van der Waals surface area (Å²) in [6.45, 7) is 5.00. The number of halogens is 1. The van der Waals surface area contributed by atoms with Crippen LogP contribution in [-0.2, 0) is 25.5 Å². The normalized spacial score (nSPS) is 14.1. The van der Waals surface area contributed by atoms with Gasteiger partial charge < -0.3 is 15.4 Å². The number of methoxy groups -OCH3 is 1. The Morgan fingerprint density at radius 1 is 1.24 bits per heavy atom. The van der Waals surface area contributed by atoms with Crippen molar-refractivity contribution in [1.82, 2.24) is 10.6 Å². The summed E-state index contributed by atoms with van der Waals surface area (Å²) in [5, 5.41) is 5.18. The Labute approximate surface area is 147 Å². The Balaban J connectivity index is 2.94. The fourth-order valence-corrected chi connectivity index (χ4v) is 2.40. The number of carbonyl (C=O) groups excluding carboxylic acids is 3. The van der Waals surface area contributed by atoms with Crippen molar-refractivity contribution in [2.45, 2.75) is 45.7 Å². The lowest BCUT2D eigenvalue weighted by molar-refractivity contribution is -0.146. The average Bonchev–Trinajstić information content (AvgIpc) is 2.57. The summed E-state index contributed by atoms with van der Waals surface area (Å²) < 4.78 is 18.1. The molecular weight excluding hydrogens is 327 g/mol. The van der Waals surface area contributed by atoms with Crippen LogP contribution in [0, 0.1) is 11.7 Å². The van der Waals surface area contributed by atoms with Gasteiger partial charge in [0.05, 0.1) is 7.11 Å². The second-order valence-corrected chi connectivity index (χ2v) is 5.98. The number of amides is 2. The molecule has 2 N–H and O–H groups in total. The lowest BCUT2D eigenvalue weighted by Gasteiger charge is -2.25. The fraction of sp³-hybridized carbons (Fsp3) is 0.500. The molecule has 0 fully saturated rings. The van der Waals surface area contributed by atoms with Gasteiger partial charge in [-0.15, -0.1) is 0 Å². The highest BCUT2D eigenvalue weighted by atomic mass is 19.1. The summed E-state index contributed by atoms with van der Waals surface area (Å²) in [5.74, 6) is -2.02. The lowest BCUT2D eigenvalue weighted by Crippen LogP contribution is -2.54. The molecule has 0 spiro atoms. The molecule has 0 aliphatic rings. The average molecular weight is 352 g/mol. The number of carbonyl (C=O) groups is 3. The van der Waals surface area contributed by atoms with E-state index in [1.165, 1.54) is 32.2 Å². The van der Waals surface area contributed by atoms with Gasteiger partial charge >= 0.3 is 5.97 Å². The van der Waals surface area contributed by atoms with Crippen LogP contribution < -0.4 is 10.6 Å². The predicted molar refractivity (Wildman–Crippen MR) is 91.1 cm³/mol. The third-order valence-electron chi connectivity index (χ3n) is 3.99. The summed E-state index contributed by atoms with van der Waals surface area (Å²) in [6.07, 6.45) is 0.770. The topological polar surface area (TPSA) is 84.5 Å². The molecule has 1 aromatic rings. The first-order valence-electron chi connectivity index (χ1n) is 8.18. The van der Waals surface area contributed by atoms with Crippen molar-refractivity contribution in [3.63, 3.8) is 0 Å². The van der Waals surface area contributed by atoms with Crippen LogP contribution >= 0.6 is 0 Å². The van der Waals surface area contributed by atoms with Crippen LogP contribution in [0.15, 0.2) is 24.3 Å². The van der Waals surface area contributed by atoms with Gasteiger partial charge in [0, 0.05) is 13.3 Å². The van der Waals surface area contributed by atoms with Gasteiger partial charge in [0.25, 0.3) is 0 Å². The lowest BCUT2D eigenvalue weighted by atomic mass is 9.98. The van der Waals surface area contributed by atoms with E-state index in [1.807, 2.05) is 13.8 Å². The summed E-state index contributed by atoms with van der Waals surface area (Å²) in [7, 11) is 1.25. The van der Waals surface area contributed by atoms with E-state index in [1.54, 1.807) is 6.07 Å². The number of hydrogen-bond donors (Lipinski definition) is 2. The van der Waals surface area contributed by atoms with Crippen LogP contribution in [0.2, 0.25) is 0 Å². The van der Waals surface area contributed by atoms with E-state index in [0.717, 1.165) is 0 Å². The first kappa shape index (κ1) is 20.6. The van der Waals surface area contributed by atoms with Gasteiger partial charge in [-0.2, -0.15) is 0 Å².